The number of nitrogens with zero attached hydrogens (tertiary/aromatic N) is 2. The Morgan fingerprint density at radius 1 is 1.44 bits per heavy atom. The molecule has 84 valence electrons. The average molecular weight is 218 g/mol. The van der Waals surface area contributed by atoms with Gasteiger partial charge in [0.15, 0.2) is 0 Å². The molecule has 16 heavy (non-hydrogen) atoms. The van der Waals surface area contributed by atoms with Gasteiger partial charge in [0, 0.05) is 18.9 Å². The molecule has 0 spiro atoms. The molecule has 2 heterocycles. The van der Waals surface area contributed by atoms with Crippen LogP contribution in [0.1, 0.15) is 6.42 Å². The molecule has 1 fully saturated rings. The van der Waals surface area contributed by atoms with E-state index in [-0.39, 0.29) is 11.8 Å². The van der Waals surface area contributed by atoms with Crippen molar-refractivity contribution in [1.29, 1.82) is 0 Å². The van der Waals surface area contributed by atoms with Crippen LogP contribution in [0.5, 0.6) is 0 Å². The van der Waals surface area contributed by atoms with Gasteiger partial charge in [0.05, 0.1) is 29.5 Å². The van der Waals surface area contributed by atoms with Crippen molar-refractivity contribution in [3.63, 3.8) is 0 Å². The van der Waals surface area contributed by atoms with E-state index in [1.54, 1.807) is 11.0 Å². The van der Waals surface area contributed by atoms with E-state index in [1.807, 2.05) is 0 Å². The lowest BCUT2D eigenvalue weighted by atomic mass is 10.1. The number of aromatic nitrogens is 1. The second-order valence-corrected chi connectivity index (χ2v) is 3.87. The second kappa shape index (κ2) is 3.84. The van der Waals surface area contributed by atoms with Gasteiger partial charge in [0.1, 0.15) is 0 Å². The number of nitrogen functional groups attached to an aromatic ring is 2. The largest absolute Gasteiger partial charge is 0.396 e. The average Bonchev–Trinajstić information content (AvgIpc) is 2.60. The van der Waals surface area contributed by atoms with Crippen molar-refractivity contribution in [3.8, 4) is 0 Å². The number of pyridine rings is 1. The third-order valence-corrected chi connectivity index (χ3v) is 2.73. The summed E-state index contributed by atoms with van der Waals surface area (Å²) in [6.45, 7) is 4.28. The van der Waals surface area contributed by atoms with Crippen LogP contribution in [0, 0.1) is 5.92 Å². The lowest BCUT2D eigenvalue weighted by molar-refractivity contribution is -0.117. The van der Waals surface area contributed by atoms with Gasteiger partial charge >= 0.3 is 0 Å². The van der Waals surface area contributed by atoms with E-state index in [0.717, 1.165) is 0 Å². The van der Waals surface area contributed by atoms with E-state index in [4.69, 9.17) is 11.5 Å². The Kier molecular flexibility index (Phi) is 2.52. The first-order valence-electron chi connectivity index (χ1n) is 5.05. The summed E-state index contributed by atoms with van der Waals surface area (Å²) in [4.78, 5) is 17.3. The van der Waals surface area contributed by atoms with Crippen LogP contribution in [-0.4, -0.2) is 17.4 Å². The first-order valence-corrected chi connectivity index (χ1v) is 5.05. The molecule has 1 aliphatic heterocycles. The van der Waals surface area contributed by atoms with E-state index in [2.05, 4.69) is 11.6 Å². The molecule has 5 heteroatoms. The molecule has 0 radical (unpaired) electrons. The van der Waals surface area contributed by atoms with Crippen molar-refractivity contribution < 1.29 is 4.79 Å². The molecule has 1 saturated heterocycles. The van der Waals surface area contributed by atoms with Gasteiger partial charge in [-0.25, -0.2) is 0 Å². The predicted molar refractivity (Wildman–Crippen MR) is 63.7 cm³/mol. The Hall–Kier alpha value is -2.04. The molecular formula is C11H14N4O. The smallest absolute Gasteiger partial charge is 0.227 e. The number of carbonyl (C=O) groups is 1. The number of amides is 1. The SMILES string of the molecule is C=CC1CC(=O)N(c2c(N)cncc2N)C1. The van der Waals surface area contributed by atoms with Crippen LogP contribution in [0.25, 0.3) is 0 Å². The molecule has 1 atom stereocenters. The summed E-state index contributed by atoms with van der Waals surface area (Å²) in [5, 5.41) is 0. The normalized spacial score (nSPS) is 20.1. The molecule has 1 aliphatic rings. The molecule has 1 amide bonds. The summed E-state index contributed by atoms with van der Waals surface area (Å²) in [5.74, 6) is 0.189. The molecular weight excluding hydrogens is 204 g/mol. The summed E-state index contributed by atoms with van der Waals surface area (Å²) < 4.78 is 0. The predicted octanol–water partition coefficient (Wildman–Crippen LogP) is 0.785. The number of hydrogen-bond donors (Lipinski definition) is 2. The minimum atomic E-state index is 0.0227. The number of nitrogens with two attached hydrogens (primary N) is 2. The summed E-state index contributed by atoms with van der Waals surface area (Å²) >= 11 is 0. The van der Waals surface area contributed by atoms with Gasteiger partial charge < -0.3 is 16.4 Å². The van der Waals surface area contributed by atoms with Crippen LogP contribution in [0.15, 0.2) is 25.0 Å². The zero-order chi connectivity index (χ0) is 11.7. The molecule has 0 bridgehead atoms. The first kappa shape index (κ1) is 10.5. The number of hydrogen-bond acceptors (Lipinski definition) is 4. The van der Waals surface area contributed by atoms with Gasteiger partial charge in [0.2, 0.25) is 5.91 Å². The lowest BCUT2D eigenvalue weighted by Crippen LogP contribution is -2.26. The van der Waals surface area contributed by atoms with Crippen LogP contribution >= 0.6 is 0 Å². The first-order chi connectivity index (χ1) is 7.63. The second-order valence-electron chi connectivity index (χ2n) is 3.87. The molecule has 1 aromatic heterocycles. The molecule has 4 N–H and O–H groups in total. The van der Waals surface area contributed by atoms with Crippen molar-refractivity contribution >= 4 is 23.0 Å². The van der Waals surface area contributed by atoms with E-state index in [0.29, 0.717) is 30.0 Å². The number of carbonyl (C=O) groups excluding carboxylic acids is 1. The van der Waals surface area contributed by atoms with E-state index in [9.17, 15) is 4.79 Å². The molecule has 0 aliphatic carbocycles. The maximum atomic E-state index is 11.8. The van der Waals surface area contributed by atoms with Crippen molar-refractivity contribution in [2.75, 3.05) is 22.9 Å². The Morgan fingerprint density at radius 2 is 2.06 bits per heavy atom. The van der Waals surface area contributed by atoms with Crippen molar-refractivity contribution in [1.82, 2.24) is 4.98 Å². The van der Waals surface area contributed by atoms with Crippen LogP contribution in [-0.2, 0) is 4.79 Å². The fraction of sp³-hybridized carbons (Fsp3) is 0.273. The van der Waals surface area contributed by atoms with Crippen LogP contribution < -0.4 is 16.4 Å². The number of rotatable bonds is 2. The topological polar surface area (TPSA) is 85.2 Å². The fourth-order valence-corrected chi connectivity index (χ4v) is 1.91. The third-order valence-electron chi connectivity index (χ3n) is 2.73. The van der Waals surface area contributed by atoms with Crippen molar-refractivity contribution in [2.24, 2.45) is 5.92 Å². The maximum Gasteiger partial charge on any atom is 0.227 e. The Morgan fingerprint density at radius 3 is 2.56 bits per heavy atom. The van der Waals surface area contributed by atoms with Crippen LogP contribution in [0.4, 0.5) is 17.1 Å². The highest BCUT2D eigenvalue weighted by molar-refractivity contribution is 6.01. The van der Waals surface area contributed by atoms with Gasteiger partial charge in [-0.05, 0) is 0 Å². The highest BCUT2D eigenvalue weighted by atomic mass is 16.2. The molecule has 2 rings (SSSR count). The summed E-state index contributed by atoms with van der Waals surface area (Å²) in [5.41, 5.74) is 13.0. The van der Waals surface area contributed by atoms with E-state index >= 15 is 0 Å². The number of anilines is 3. The molecule has 0 aromatic carbocycles. The van der Waals surface area contributed by atoms with Gasteiger partial charge in [-0.2, -0.15) is 0 Å². The molecule has 1 aromatic rings. The Balaban J connectivity index is 2.38. The standard InChI is InChI=1S/C11H14N4O/c1-2-7-3-10(16)15(6-7)11-8(12)4-14-5-9(11)13/h2,4-5,7H,1,3,6,12-13H2. The minimum Gasteiger partial charge on any atom is -0.396 e. The lowest BCUT2D eigenvalue weighted by Gasteiger charge is -2.19. The van der Waals surface area contributed by atoms with Gasteiger partial charge in [0.25, 0.3) is 0 Å². The van der Waals surface area contributed by atoms with Crippen LogP contribution in [0.3, 0.4) is 0 Å². The Bertz CT molecular complexity index is 423. The maximum absolute atomic E-state index is 11.8. The quantitative estimate of drug-likeness (QED) is 0.718. The highest BCUT2D eigenvalue weighted by Crippen LogP contribution is 2.33. The van der Waals surface area contributed by atoms with Crippen molar-refractivity contribution in [2.45, 2.75) is 6.42 Å². The zero-order valence-electron chi connectivity index (χ0n) is 8.89. The highest BCUT2D eigenvalue weighted by Gasteiger charge is 2.30. The Labute approximate surface area is 93.7 Å². The molecule has 5 nitrogen and oxygen atoms in total. The summed E-state index contributed by atoms with van der Waals surface area (Å²) in [6, 6.07) is 0. The van der Waals surface area contributed by atoms with Gasteiger partial charge in [-0.15, -0.1) is 6.58 Å². The minimum absolute atomic E-state index is 0.0227. The monoisotopic (exact) mass is 218 g/mol. The van der Waals surface area contributed by atoms with Gasteiger partial charge in [-0.3, -0.25) is 9.78 Å². The third kappa shape index (κ3) is 1.60. The van der Waals surface area contributed by atoms with Crippen molar-refractivity contribution in [3.05, 3.63) is 25.0 Å². The van der Waals surface area contributed by atoms with Crippen LogP contribution in [0.2, 0.25) is 0 Å². The summed E-state index contributed by atoms with van der Waals surface area (Å²) in [7, 11) is 0. The van der Waals surface area contributed by atoms with Gasteiger partial charge in [-0.1, -0.05) is 6.08 Å². The fourth-order valence-electron chi connectivity index (χ4n) is 1.91. The molecule has 0 saturated carbocycles. The summed E-state index contributed by atoms with van der Waals surface area (Å²) in [6.07, 6.45) is 5.25. The van der Waals surface area contributed by atoms with E-state index < -0.39 is 0 Å². The van der Waals surface area contributed by atoms with E-state index in [1.165, 1.54) is 12.4 Å². The molecule has 1 unspecified atom stereocenters. The zero-order valence-corrected chi connectivity index (χ0v) is 8.89.